The van der Waals surface area contributed by atoms with E-state index in [-0.39, 0.29) is 17.9 Å². The van der Waals surface area contributed by atoms with Crippen LogP contribution < -0.4 is 11.1 Å². The first kappa shape index (κ1) is 13.9. The molecule has 0 aliphatic heterocycles. The molecular formula is C15H28N2O. The summed E-state index contributed by atoms with van der Waals surface area (Å²) in [7, 11) is 0. The molecule has 2 aliphatic rings. The van der Waals surface area contributed by atoms with Crippen molar-refractivity contribution < 1.29 is 4.79 Å². The molecule has 0 radical (unpaired) electrons. The minimum Gasteiger partial charge on any atom is -0.356 e. The standard InChI is InChI=1S/C15H28N2O/c1-11-5-4-8-13(14(11)16)15(18)17-10-9-12-6-2-3-7-12/h11-14H,2-10,16H2,1H3,(H,17,18). The van der Waals surface area contributed by atoms with E-state index in [0.717, 1.165) is 31.7 Å². The lowest BCUT2D eigenvalue weighted by atomic mass is 9.78. The molecule has 104 valence electrons. The van der Waals surface area contributed by atoms with Gasteiger partial charge in [-0.2, -0.15) is 0 Å². The summed E-state index contributed by atoms with van der Waals surface area (Å²) >= 11 is 0. The van der Waals surface area contributed by atoms with Gasteiger partial charge in [0.2, 0.25) is 5.91 Å². The Labute approximate surface area is 111 Å². The minimum absolute atomic E-state index is 0.0531. The first-order valence-electron chi connectivity index (χ1n) is 7.71. The van der Waals surface area contributed by atoms with Crippen molar-refractivity contribution in [1.29, 1.82) is 0 Å². The number of carbonyl (C=O) groups excluding carboxylic acids is 1. The van der Waals surface area contributed by atoms with Crippen LogP contribution in [0.1, 0.15) is 58.3 Å². The van der Waals surface area contributed by atoms with Gasteiger partial charge >= 0.3 is 0 Å². The number of hydrogen-bond acceptors (Lipinski definition) is 2. The van der Waals surface area contributed by atoms with Gasteiger partial charge in [0.15, 0.2) is 0 Å². The van der Waals surface area contributed by atoms with Crippen LogP contribution in [0.3, 0.4) is 0 Å². The normalized spacial score (nSPS) is 33.6. The fraction of sp³-hybridized carbons (Fsp3) is 0.933. The third-order valence-electron chi connectivity index (χ3n) is 4.96. The molecule has 1 amide bonds. The molecule has 2 aliphatic carbocycles. The highest BCUT2D eigenvalue weighted by atomic mass is 16.1. The van der Waals surface area contributed by atoms with Gasteiger partial charge in [0.05, 0.1) is 5.92 Å². The minimum atomic E-state index is 0.0531. The molecular weight excluding hydrogens is 224 g/mol. The van der Waals surface area contributed by atoms with Gasteiger partial charge in [-0.15, -0.1) is 0 Å². The quantitative estimate of drug-likeness (QED) is 0.807. The Morgan fingerprint density at radius 1 is 1.17 bits per heavy atom. The summed E-state index contributed by atoms with van der Waals surface area (Å²) in [5.74, 6) is 1.60. The van der Waals surface area contributed by atoms with Crippen molar-refractivity contribution in [2.24, 2.45) is 23.5 Å². The third kappa shape index (κ3) is 3.47. The fourth-order valence-corrected chi connectivity index (χ4v) is 3.58. The van der Waals surface area contributed by atoms with Crippen molar-refractivity contribution >= 4 is 5.91 Å². The van der Waals surface area contributed by atoms with Crippen molar-refractivity contribution in [3.63, 3.8) is 0 Å². The van der Waals surface area contributed by atoms with Crippen molar-refractivity contribution in [2.75, 3.05) is 6.54 Å². The maximum Gasteiger partial charge on any atom is 0.224 e. The van der Waals surface area contributed by atoms with E-state index in [1.54, 1.807) is 0 Å². The highest BCUT2D eigenvalue weighted by Gasteiger charge is 2.32. The van der Waals surface area contributed by atoms with Gasteiger partial charge in [-0.3, -0.25) is 4.79 Å². The summed E-state index contributed by atoms with van der Waals surface area (Å²) in [5, 5.41) is 3.11. The van der Waals surface area contributed by atoms with E-state index in [1.165, 1.54) is 32.1 Å². The van der Waals surface area contributed by atoms with Gasteiger partial charge in [0.25, 0.3) is 0 Å². The van der Waals surface area contributed by atoms with Gasteiger partial charge in [0, 0.05) is 12.6 Å². The van der Waals surface area contributed by atoms with Crippen LogP contribution in [-0.2, 0) is 4.79 Å². The predicted octanol–water partition coefficient (Wildman–Crippen LogP) is 2.45. The maximum absolute atomic E-state index is 12.1. The van der Waals surface area contributed by atoms with Crippen molar-refractivity contribution in [1.82, 2.24) is 5.32 Å². The van der Waals surface area contributed by atoms with Crippen molar-refractivity contribution in [3.05, 3.63) is 0 Å². The summed E-state index contributed by atoms with van der Waals surface area (Å²) in [6.45, 7) is 3.02. The molecule has 2 saturated carbocycles. The van der Waals surface area contributed by atoms with E-state index in [9.17, 15) is 4.79 Å². The maximum atomic E-state index is 12.1. The largest absolute Gasteiger partial charge is 0.356 e. The average Bonchev–Trinajstić information content (AvgIpc) is 2.85. The number of carbonyl (C=O) groups is 1. The van der Waals surface area contributed by atoms with Gasteiger partial charge in [-0.25, -0.2) is 0 Å². The van der Waals surface area contributed by atoms with Crippen LogP contribution in [0.2, 0.25) is 0 Å². The van der Waals surface area contributed by atoms with Gasteiger partial charge in [0.1, 0.15) is 0 Å². The molecule has 3 N–H and O–H groups in total. The van der Waals surface area contributed by atoms with Crippen molar-refractivity contribution in [2.45, 2.75) is 64.3 Å². The second kappa shape index (κ2) is 6.55. The Morgan fingerprint density at radius 2 is 1.89 bits per heavy atom. The Bertz CT molecular complexity index is 274. The molecule has 0 spiro atoms. The lowest BCUT2D eigenvalue weighted by Crippen LogP contribution is -2.47. The van der Waals surface area contributed by atoms with E-state index >= 15 is 0 Å². The number of nitrogens with two attached hydrogens (primary N) is 1. The summed E-state index contributed by atoms with van der Waals surface area (Å²) < 4.78 is 0. The highest BCUT2D eigenvalue weighted by Crippen LogP contribution is 2.29. The molecule has 3 atom stereocenters. The van der Waals surface area contributed by atoms with Crippen LogP contribution in [-0.4, -0.2) is 18.5 Å². The molecule has 0 bridgehead atoms. The summed E-state index contributed by atoms with van der Waals surface area (Å²) in [5.41, 5.74) is 6.16. The van der Waals surface area contributed by atoms with Crippen molar-refractivity contribution in [3.8, 4) is 0 Å². The molecule has 3 nitrogen and oxygen atoms in total. The van der Waals surface area contributed by atoms with Crippen LogP contribution in [0.25, 0.3) is 0 Å². The summed E-state index contributed by atoms with van der Waals surface area (Å²) in [6, 6.07) is 0.0604. The van der Waals surface area contributed by atoms with Crippen LogP contribution in [0, 0.1) is 17.8 Å². The lowest BCUT2D eigenvalue weighted by molar-refractivity contribution is -0.127. The smallest absolute Gasteiger partial charge is 0.224 e. The Balaban J connectivity index is 1.70. The van der Waals surface area contributed by atoms with Gasteiger partial charge < -0.3 is 11.1 Å². The monoisotopic (exact) mass is 252 g/mol. The SMILES string of the molecule is CC1CCCC(C(=O)NCCC2CCCC2)C1N. The Kier molecular flexibility index (Phi) is 5.04. The average molecular weight is 252 g/mol. The van der Waals surface area contributed by atoms with Gasteiger partial charge in [-0.05, 0) is 31.1 Å². The molecule has 0 heterocycles. The third-order valence-corrected chi connectivity index (χ3v) is 4.96. The van der Waals surface area contributed by atoms with Gasteiger partial charge in [-0.1, -0.05) is 39.0 Å². The molecule has 0 aromatic rings. The lowest BCUT2D eigenvalue weighted by Gasteiger charge is -2.32. The van der Waals surface area contributed by atoms with E-state index in [0.29, 0.717) is 5.92 Å². The zero-order valence-corrected chi connectivity index (χ0v) is 11.7. The number of rotatable bonds is 4. The predicted molar refractivity (Wildman–Crippen MR) is 74.1 cm³/mol. The number of amides is 1. The van der Waals surface area contributed by atoms with E-state index in [1.807, 2.05) is 0 Å². The zero-order valence-electron chi connectivity index (χ0n) is 11.7. The Hall–Kier alpha value is -0.570. The van der Waals surface area contributed by atoms with Crippen LogP contribution >= 0.6 is 0 Å². The molecule has 3 unspecified atom stereocenters. The first-order valence-corrected chi connectivity index (χ1v) is 7.71. The van der Waals surface area contributed by atoms with E-state index in [2.05, 4.69) is 12.2 Å². The Morgan fingerprint density at radius 3 is 2.61 bits per heavy atom. The molecule has 3 heteroatoms. The topological polar surface area (TPSA) is 55.1 Å². The number of nitrogens with one attached hydrogen (secondary N) is 1. The van der Waals surface area contributed by atoms with Crippen LogP contribution in [0.4, 0.5) is 0 Å². The second-order valence-electron chi connectivity index (χ2n) is 6.32. The first-order chi connectivity index (χ1) is 8.68. The van der Waals surface area contributed by atoms with E-state index in [4.69, 9.17) is 5.73 Å². The van der Waals surface area contributed by atoms with Crippen LogP contribution in [0.15, 0.2) is 0 Å². The zero-order chi connectivity index (χ0) is 13.0. The highest BCUT2D eigenvalue weighted by molar-refractivity contribution is 5.79. The molecule has 0 saturated heterocycles. The summed E-state index contributed by atoms with van der Waals surface area (Å²) in [6.07, 6.45) is 9.92. The van der Waals surface area contributed by atoms with Crippen LogP contribution in [0.5, 0.6) is 0 Å². The summed E-state index contributed by atoms with van der Waals surface area (Å²) in [4.78, 5) is 12.1. The molecule has 0 aromatic carbocycles. The fourth-order valence-electron chi connectivity index (χ4n) is 3.58. The molecule has 0 aromatic heterocycles. The second-order valence-corrected chi connectivity index (χ2v) is 6.32. The molecule has 2 fully saturated rings. The number of hydrogen-bond donors (Lipinski definition) is 2. The van der Waals surface area contributed by atoms with E-state index < -0.39 is 0 Å². The molecule has 2 rings (SSSR count). The molecule has 18 heavy (non-hydrogen) atoms.